The molecule has 5 aromatic rings. The number of anilines is 3. The van der Waals surface area contributed by atoms with Gasteiger partial charge >= 0.3 is 0 Å². The summed E-state index contributed by atoms with van der Waals surface area (Å²) in [6.45, 7) is 1.86. The van der Waals surface area contributed by atoms with Crippen LogP contribution in [0.4, 0.5) is 21.5 Å². The second kappa shape index (κ2) is 12.1. The number of benzene rings is 2. The summed E-state index contributed by atoms with van der Waals surface area (Å²) in [4.78, 5) is 8.69. The highest BCUT2D eigenvalue weighted by Gasteiger charge is 2.23. The molecule has 0 aliphatic carbocycles. The maximum Gasteiger partial charge on any atom is 0.141 e. The number of nitrogens with zero attached hydrogens (tertiary/aromatic N) is 6. The Morgan fingerprint density at radius 2 is 1.81 bits per heavy atom. The van der Waals surface area contributed by atoms with E-state index in [1.54, 1.807) is 18.3 Å². The lowest BCUT2D eigenvalue weighted by molar-refractivity contribution is 0.337. The number of hydrogen-bond donors (Lipinski definition) is 3. The number of aromatic nitrogens is 5. The molecule has 0 amide bonds. The summed E-state index contributed by atoms with van der Waals surface area (Å²) in [6, 6.07) is 13.4. The Bertz CT molecular complexity index is 1800. The van der Waals surface area contributed by atoms with E-state index in [0.717, 1.165) is 31.5 Å². The number of pyridine rings is 2. The van der Waals surface area contributed by atoms with Crippen molar-refractivity contribution in [3.8, 4) is 6.07 Å². The predicted molar refractivity (Wildman–Crippen MR) is 162 cm³/mol. The van der Waals surface area contributed by atoms with Gasteiger partial charge < -0.3 is 16.0 Å². The first kappa shape index (κ1) is 28.1. The molecule has 0 radical (unpaired) electrons. The molecule has 1 saturated heterocycles. The molecule has 3 aromatic heterocycles. The second-order valence-corrected chi connectivity index (χ2v) is 11.1. The standard InChI is InChI=1S/C29H23Cl3FN9/c30-22-10-18(2-3-24(22)33)38-27-17(12-34)14-37-29-21(27)9-19(11-23(29)31)39-28(16-1-4-26(32)36-13-16)25-15-42(41-40-25)20-5-7-35-8-6-20/h1-4,9-11,13-15,20,28,35,39H,5-8H2,(H,37,38)/t28-/m0/s1. The zero-order valence-corrected chi connectivity index (χ0v) is 24.2. The molecular formula is C29H23Cl3FN9. The molecule has 212 valence electrons. The van der Waals surface area contributed by atoms with Gasteiger partial charge in [-0.3, -0.25) is 4.98 Å². The lowest BCUT2D eigenvalue weighted by Crippen LogP contribution is -2.29. The number of fused-ring (bicyclic) bond motifs is 1. The Labute approximate surface area is 255 Å². The Balaban J connectivity index is 1.41. The van der Waals surface area contributed by atoms with Crippen LogP contribution < -0.4 is 16.0 Å². The van der Waals surface area contributed by atoms with E-state index in [2.05, 4.69) is 42.3 Å². The number of nitriles is 1. The maximum atomic E-state index is 13.8. The average Bonchev–Trinajstić information content (AvgIpc) is 3.49. The minimum atomic E-state index is -0.545. The van der Waals surface area contributed by atoms with Crippen LogP contribution in [0.2, 0.25) is 15.2 Å². The highest BCUT2D eigenvalue weighted by molar-refractivity contribution is 6.36. The molecule has 1 fully saturated rings. The van der Waals surface area contributed by atoms with Crippen LogP contribution in [0.15, 0.2) is 61.1 Å². The van der Waals surface area contributed by atoms with Crippen LogP contribution in [0, 0.1) is 17.1 Å². The molecule has 4 heterocycles. The minimum Gasteiger partial charge on any atom is -0.373 e. The monoisotopic (exact) mass is 621 g/mol. The van der Waals surface area contributed by atoms with Crippen LogP contribution in [0.5, 0.6) is 0 Å². The largest absolute Gasteiger partial charge is 0.373 e. The fraction of sp³-hybridized carbons (Fsp3) is 0.207. The molecule has 3 N–H and O–H groups in total. The van der Waals surface area contributed by atoms with Crippen molar-refractivity contribution in [2.75, 3.05) is 23.7 Å². The first-order chi connectivity index (χ1) is 20.4. The predicted octanol–water partition coefficient (Wildman–Crippen LogP) is 7.06. The third-order valence-corrected chi connectivity index (χ3v) is 7.94. The Kier molecular flexibility index (Phi) is 8.09. The van der Waals surface area contributed by atoms with Gasteiger partial charge in [-0.1, -0.05) is 46.1 Å². The van der Waals surface area contributed by atoms with Crippen molar-refractivity contribution in [2.24, 2.45) is 0 Å². The van der Waals surface area contributed by atoms with Crippen LogP contribution in [0.25, 0.3) is 10.9 Å². The molecule has 1 aliphatic heterocycles. The van der Waals surface area contributed by atoms with Gasteiger partial charge in [0, 0.05) is 29.2 Å². The number of hydrogen-bond acceptors (Lipinski definition) is 8. The zero-order valence-electron chi connectivity index (χ0n) is 22.0. The SMILES string of the molecule is N#Cc1cnc2c(Cl)cc(N[C@@H](c3ccc(Cl)nc3)c3cn(C4CCNCC4)nn3)cc2c1Nc1ccc(F)c(Cl)c1. The Hall–Kier alpha value is -4.01. The zero-order chi connectivity index (χ0) is 29.2. The summed E-state index contributed by atoms with van der Waals surface area (Å²) in [5.41, 5.74) is 3.86. The van der Waals surface area contributed by atoms with E-state index < -0.39 is 11.9 Å². The van der Waals surface area contributed by atoms with Gasteiger partial charge in [0.2, 0.25) is 0 Å². The van der Waals surface area contributed by atoms with Gasteiger partial charge in [0.05, 0.1) is 45.1 Å². The van der Waals surface area contributed by atoms with Crippen molar-refractivity contribution >= 4 is 62.8 Å². The summed E-state index contributed by atoms with van der Waals surface area (Å²) in [5.74, 6) is -0.545. The third kappa shape index (κ3) is 5.82. The first-order valence-corrected chi connectivity index (χ1v) is 14.3. The van der Waals surface area contributed by atoms with Crippen LogP contribution in [0.1, 0.15) is 41.7 Å². The topological polar surface area (TPSA) is 116 Å². The van der Waals surface area contributed by atoms with E-state index in [1.165, 1.54) is 24.4 Å². The Morgan fingerprint density at radius 1 is 1.00 bits per heavy atom. The fourth-order valence-electron chi connectivity index (χ4n) is 5.01. The summed E-state index contributed by atoms with van der Waals surface area (Å²) >= 11 is 18.8. The van der Waals surface area contributed by atoms with E-state index in [0.29, 0.717) is 43.8 Å². The molecule has 13 heteroatoms. The van der Waals surface area contributed by atoms with Crippen LogP contribution in [-0.4, -0.2) is 38.1 Å². The van der Waals surface area contributed by atoms with Gasteiger partial charge in [-0.2, -0.15) is 5.26 Å². The highest BCUT2D eigenvalue weighted by atomic mass is 35.5. The smallest absolute Gasteiger partial charge is 0.141 e. The van der Waals surface area contributed by atoms with Crippen molar-refractivity contribution in [1.82, 2.24) is 30.3 Å². The molecule has 0 spiro atoms. The van der Waals surface area contributed by atoms with Crippen LogP contribution >= 0.6 is 34.8 Å². The lowest BCUT2D eigenvalue weighted by Gasteiger charge is -2.22. The van der Waals surface area contributed by atoms with Gasteiger partial charge in [-0.25, -0.2) is 14.1 Å². The van der Waals surface area contributed by atoms with E-state index in [9.17, 15) is 9.65 Å². The van der Waals surface area contributed by atoms with Gasteiger partial charge in [0.25, 0.3) is 0 Å². The molecule has 9 nitrogen and oxygen atoms in total. The molecular weight excluding hydrogens is 600 g/mol. The maximum absolute atomic E-state index is 13.8. The summed E-state index contributed by atoms with van der Waals surface area (Å²) in [7, 11) is 0. The van der Waals surface area contributed by atoms with Crippen molar-refractivity contribution < 1.29 is 4.39 Å². The van der Waals surface area contributed by atoms with Gasteiger partial charge in [0.15, 0.2) is 0 Å². The van der Waals surface area contributed by atoms with Crippen molar-refractivity contribution in [3.63, 3.8) is 0 Å². The molecule has 6 rings (SSSR count). The highest BCUT2D eigenvalue weighted by Crippen LogP contribution is 2.37. The van der Waals surface area contributed by atoms with Crippen molar-refractivity contribution in [1.29, 1.82) is 5.26 Å². The fourth-order valence-corrected chi connectivity index (χ4v) is 5.57. The normalized spacial score (nSPS) is 14.5. The summed E-state index contributed by atoms with van der Waals surface area (Å²) in [6.07, 6.45) is 7.01. The number of rotatable bonds is 7. The van der Waals surface area contributed by atoms with Gasteiger partial charge in [-0.15, -0.1) is 5.10 Å². The van der Waals surface area contributed by atoms with Crippen molar-refractivity contribution in [3.05, 3.63) is 98.9 Å². The number of halogens is 4. The Morgan fingerprint density at radius 3 is 2.55 bits per heavy atom. The molecule has 1 atom stereocenters. The van der Waals surface area contributed by atoms with E-state index in [1.807, 2.05) is 23.0 Å². The van der Waals surface area contributed by atoms with E-state index >= 15 is 0 Å². The van der Waals surface area contributed by atoms with Crippen molar-refractivity contribution in [2.45, 2.75) is 24.9 Å². The summed E-state index contributed by atoms with van der Waals surface area (Å²) < 4.78 is 15.7. The summed E-state index contributed by atoms with van der Waals surface area (Å²) in [5, 5.41) is 30.2. The number of piperidine rings is 1. The molecule has 1 aliphatic rings. The van der Waals surface area contributed by atoms with E-state index in [4.69, 9.17) is 34.8 Å². The van der Waals surface area contributed by atoms with Gasteiger partial charge in [0.1, 0.15) is 22.7 Å². The molecule has 2 aromatic carbocycles. The van der Waals surface area contributed by atoms with E-state index in [-0.39, 0.29) is 16.6 Å². The second-order valence-electron chi connectivity index (χ2n) is 9.86. The molecule has 0 unspecified atom stereocenters. The molecule has 0 saturated carbocycles. The van der Waals surface area contributed by atoms with Crippen LogP contribution in [0.3, 0.4) is 0 Å². The number of nitrogens with one attached hydrogen (secondary N) is 3. The minimum absolute atomic E-state index is 0.0470. The first-order valence-electron chi connectivity index (χ1n) is 13.1. The molecule has 42 heavy (non-hydrogen) atoms. The quantitative estimate of drug-likeness (QED) is 0.165. The van der Waals surface area contributed by atoms with Crippen LogP contribution in [-0.2, 0) is 0 Å². The average molecular weight is 623 g/mol. The third-order valence-electron chi connectivity index (χ3n) is 7.14. The lowest BCUT2D eigenvalue weighted by atomic mass is 10.0. The molecule has 0 bridgehead atoms. The van der Waals surface area contributed by atoms with Gasteiger partial charge in [-0.05, 0) is 67.9 Å².